The Hall–Kier alpha value is -4.08. The number of ketones is 1. The first kappa shape index (κ1) is 46.4. The fourth-order valence-electron chi connectivity index (χ4n) is 10.0. The van der Waals surface area contributed by atoms with Crippen LogP contribution in [0.2, 0.25) is 0 Å². The van der Waals surface area contributed by atoms with Crippen molar-refractivity contribution in [2.75, 3.05) is 7.05 Å². The highest BCUT2D eigenvalue weighted by atomic mass is 16.8. The summed E-state index contributed by atoms with van der Waals surface area (Å²) < 4.78 is 57.1. The molecule has 4 aliphatic heterocycles. The predicted molar refractivity (Wildman–Crippen MR) is 222 cm³/mol. The maximum absolute atomic E-state index is 14.5. The number of hydrogen-bond donors (Lipinski definition) is 0. The van der Waals surface area contributed by atoms with E-state index in [9.17, 15) is 19.2 Å². The Kier molecular flexibility index (Phi) is 14.2. The lowest BCUT2D eigenvalue weighted by molar-refractivity contribution is -0.296. The molecule has 4 fully saturated rings. The van der Waals surface area contributed by atoms with E-state index in [0.717, 1.165) is 11.1 Å². The van der Waals surface area contributed by atoms with Gasteiger partial charge in [-0.25, -0.2) is 9.59 Å². The van der Waals surface area contributed by atoms with Crippen molar-refractivity contribution in [1.82, 2.24) is 4.90 Å². The largest absolute Gasteiger partial charge is 0.509 e. The highest BCUT2D eigenvalue weighted by molar-refractivity contribution is 6.00. The van der Waals surface area contributed by atoms with Gasteiger partial charge in [-0.05, 0) is 77.8 Å². The minimum absolute atomic E-state index is 0.0269. The Bertz CT molecular complexity index is 1840. The summed E-state index contributed by atoms with van der Waals surface area (Å²) in [5.41, 5.74) is -0.613. The van der Waals surface area contributed by atoms with Crippen LogP contribution in [0.15, 0.2) is 60.7 Å². The number of cyclic esters (lactones) is 1. The van der Waals surface area contributed by atoms with Gasteiger partial charge in [0.1, 0.15) is 30.8 Å². The van der Waals surface area contributed by atoms with E-state index in [1.54, 1.807) is 14.0 Å². The van der Waals surface area contributed by atoms with Gasteiger partial charge in [-0.1, -0.05) is 88.4 Å². The normalized spacial score (nSPS) is 37.6. The molecule has 5 unspecified atom stereocenters. The van der Waals surface area contributed by atoms with Crippen molar-refractivity contribution in [2.45, 2.75) is 168 Å². The minimum Gasteiger partial charge on any atom is -0.458 e. The Morgan fingerprint density at radius 3 is 2.07 bits per heavy atom. The van der Waals surface area contributed by atoms with Gasteiger partial charge in [0.15, 0.2) is 24.0 Å². The van der Waals surface area contributed by atoms with Gasteiger partial charge in [0.25, 0.3) is 0 Å². The van der Waals surface area contributed by atoms with Crippen LogP contribution >= 0.6 is 0 Å². The first-order valence-electron chi connectivity index (χ1n) is 21.7. The first-order valence-corrected chi connectivity index (χ1v) is 21.7. The van der Waals surface area contributed by atoms with Gasteiger partial charge in [0.2, 0.25) is 0 Å². The van der Waals surface area contributed by atoms with Crippen molar-refractivity contribution < 1.29 is 61.8 Å². The van der Waals surface area contributed by atoms with E-state index in [2.05, 4.69) is 6.92 Å². The number of carbonyl (C=O) groups is 4. The number of fused-ring (bicyclic) bond motifs is 2. The van der Waals surface area contributed by atoms with E-state index in [4.69, 9.17) is 42.6 Å². The number of hydrogen-bond acceptors (Lipinski definition) is 13. The summed E-state index contributed by atoms with van der Waals surface area (Å²) in [4.78, 5) is 57.3. The highest BCUT2D eigenvalue weighted by Gasteiger charge is 2.62. The number of benzene rings is 2. The lowest BCUT2D eigenvalue weighted by Gasteiger charge is -2.46. The first-order chi connectivity index (χ1) is 28.8. The average Bonchev–Trinajstić information content (AvgIpc) is 3.69. The van der Waals surface area contributed by atoms with E-state index in [-0.39, 0.29) is 25.6 Å². The second-order valence-electron chi connectivity index (χ2n) is 18.3. The number of nitrogens with zero attached hydrogens (tertiary/aromatic N) is 1. The highest BCUT2D eigenvalue weighted by Crippen LogP contribution is 2.50. The van der Waals surface area contributed by atoms with Crippen molar-refractivity contribution in [1.29, 1.82) is 0 Å². The fourth-order valence-corrected chi connectivity index (χ4v) is 10.0. The SMILES string of the molecule is CC[C@H]1OC(C)(C)O[C@@]1(C)[C@@H]1OC(=O)[C@H](C)C(=O)[C@H](C)[C@@H](O[C@@H]2OC(C)CC(N(C)C(=O)OCc3ccccc3)C2OC(=O)OCc2ccccc2)[C@]2(C)CC(C)C(O2)[C@@H]1C. The Morgan fingerprint density at radius 1 is 0.852 bits per heavy atom. The second kappa shape index (κ2) is 18.7. The zero-order chi connectivity index (χ0) is 44.4. The third kappa shape index (κ3) is 10.1. The standard InChI is InChI=1S/C47H65NO13/c1-12-35-47(10,61-45(7,8)59-35)40-31(6)37-27(2)24-46(9,60-37)39(29(4)36(49)30(5)41(50)57-40)58-42-38(56-44(52)54-26-33-21-17-14-18-22-33)34(23-28(3)55-42)48(11)43(51)53-25-32-19-15-13-16-20-32/h13-22,27-31,34-35,37-40,42H,12,23-26H2,1-11H3/t27?,28?,29-,30+,31-,34?,35+,37?,38?,39+,40+,42-,46-,47+/m0/s1. The average molecular weight is 852 g/mol. The van der Waals surface area contributed by atoms with E-state index in [0.29, 0.717) is 12.8 Å². The van der Waals surface area contributed by atoms with Crippen molar-refractivity contribution >= 4 is 24.0 Å². The van der Waals surface area contributed by atoms with Crippen LogP contribution in [0, 0.1) is 23.7 Å². The van der Waals surface area contributed by atoms with E-state index in [1.165, 1.54) is 11.8 Å². The van der Waals surface area contributed by atoms with Crippen LogP contribution < -0.4 is 0 Å². The van der Waals surface area contributed by atoms with Crippen molar-refractivity contribution in [2.24, 2.45) is 23.7 Å². The molecule has 2 bridgehead atoms. The molecule has 0 aromatic heterocycles. The summed E-state index contributed by atoms with van der Waals surface area (Å²) in [6.45, 7) is 18.6. The molecule has 0 saturated carbocycles. The fraction of sp³-hybridized carbons (Fsp3) is 0.660. The topological polar surface area (TPSA) is 155 Å². The molecule has 1 amide bonds. The molecule has 14 atom stereocenters. The molecule has 0 radical (unpaired) electrons. The van der Waals surface area contributed by atoms with E-state index < -0.39 is 108 Å². The van der Waals surface area contributed by atoms with Gasteiger partial charge in [-0.15, -0.1) is 0 Å². The van der Waals surface area contributed by atoms with Crippen molar-refractivity contribution in [3.05, 3.63) is 71.8 Å². The second-order valence-corrected chi connectivity index (χ2v) is 18.3. The smallest absolute Gasteiger partial charge is 0.458 e. The number of rotatable bonds is 10. The molecule has 61 heavy (non-hydrogen) atoms. The molecule has 14 heteroatoms. The lowest BCUT2D eigenvalue weighted by Crippen LogP contribution is -2.60. The number of esters is 1. The molecule has 4 aliphatic rings. The van der Waals surface area contributed by atoms with Gasteiger partial charge in [-0.2, -0.15) is 0 Å². The Balaban J connectivity index is 1.33. The number of likely N-dealkylation sites (N-methyl/N-ethyl adjacent to an activating group) is 1. The molecule has 6 rings (SSSR count). The van der Waals surface area contributed by atoms with Gasteiger partial charge in [0.05, 0.1) is 36.1 Å². The Labute approximate surface area is 360 Å². The molecule has 336 valence electrons. The molecular weight excluding hydrogens is 787 g/mol. The molecule has 14 nitrogen and oxygen atoms in total. The van der Waals surface area contributed by atoms with E-state index >= 15 is 0 Å². The van der Waals surface area contributed by atoms with Gasteiger partial charge in [-0.3, -0.25) is 9.59 Å². The van der Waals surface area contributed by atoms with Crippen LogP contribution in [0.3, 0.4) is 0 Å². The van der Waals surface area contributed by atoms with Crippen LogP contribution in [0.4, 0.5) is 9.59 Å². The van der Waals surface area contributed by atoms with Crippen LogP contribution in [0.5, 0.6) is 0 Å². The summed E-state index contributed by atoms with van der Waals surface area (Å²) in [5.74, 6) is -4.66. The molecule has 0 aliphatic carbocycles. The summed E-state index contributed by atoms with van der Waals surface area (Å²) >= 11 is 0. The zero-order valence-electron chi connectivity index (χ0n) is 37.5. The summed E-state index contributed by atoms with van der Waals surface area (Å²) in [6, 6.07) is 17.6. The predicted octanol–water partition coefficient (Wildman–Crippen LogP) is 7.77. The van der Waals surface area contributed by atoms with Gasteiger partial charge < -0.3 is 47.5 Å². The molecule has 4 saturated heterocycles. The molecule has 4 heterocycles. The quantitative estimate of drug-likeness (QED) is 0.130. The van der Waals surface area contributed by atoms with Crippen molar-refractivity contribution in [3.63, 3.8) is 0 Å². The third-order valence-electron chi connectivity index (χ3n) is 13.0. The maximum atomic E-state index is 14.5. The lowest BCUT2D eigenvalue weighted by atomic mass is 9.76. The van der Waals surface area contributed by atoms with Crippen LogP contribution in [-0.2, 0) is 65.4 Å². The van der Waals surface area contributed by atoms with E-state index in [1.807, 2.05) is 109 Å². The minimum atomic E-state index is -1.31. The zero-order valence-corrected chi connectivity index (χ0v) is 37.5. The van der Waals surface area contributed by atoms with Gasteiger partial charge in [0, 0.05) is 18.9 Å². The third-order valence-corrected chi connectivity index (χ3v) is 13.0. The molecule has 2 aromatic rings. The maximum Gasteiger partial charge on any atom is 0.509 e. The molecule has 0 spiro atoms. The van der Waals surface area contributed by atoms with Crippen LogP contribution in [0.25, 0.3) is 0 Å². The summed E-state index contributed by atoms with van der Waals surface area (Å²) in [7, 11) is 1.57. The number of ether oxygens (including phenoxy) is 9. The summed E-state index contributed by atoms with van der Waals surface area (Å²) in [5, 5.41) is 0. The monoisotopic (exact) mass is 851 g/mol. The summed E-state index contributed by atoms with van der Waals surface area (Å²) in [6.07, 6.45) is -6.10. The number of Topliss-reactive ketones (excluding diaryl/α,β-unsaturated/α-hetero) is 1. The molecular formula is C47H65NO13. The van der Waals surface area contributed by atoms with Gasteiger partial charge >= 0.3 is 18.2 Å². The molecule has 0 N–H and O–H groups in total. The van der Waals surface area contributed by atoms with Crippen LogP contribution in [-0.4, -0.2) is 102 Å². The molecule has 2 aromatic carbocycles. The number of amides is 1. The van der Waals surface area contributed by atoms with Crippen LogP contribution in [0.1, 0.15) is 99.6 Å². The number of carbonyl (C=O) groups excluding carboxylic acids is 4. The Morgan fingerprint density at radius 2 is 1.46 bits per heavy atom. The van der Waals surface area contributed by atoms with Crippen molar-refractivity contribution in [3.8, 4) is 0 Å².